The number of para-hydroxylation sites is 1. The molecule has 0 aliphatic carbocycles. The van der Waals surface area contributed by atoms with E-state index in [0.717, 1.165) is 32.1 Å². The number of hydrogen-bond donors (Lipinski definition) is 0. The van der Waals surface area contributed by atoms with Gasteiger partial charge in [-0.05, 0) is 31.2 Å². The van der Waals surface area contributed by atoms with E-state index in [2.05, 4.69) is 15.2 Å². The van der Waals surface area contributed by atoms with Crippen molar-refractivity contribution in [1.82, 2.24) is 15.2 Å². The van der Waals surface area contributed by atoms with E-state index in [0.29, 0.717) is 18.2 Å². The average molecular weight is 337 g/mol. The van der Waals surface area contributed by atoms with Crippen molar-refractivity contribution in [2.75, 3.05) is 7.11 Å². The van der Waals surface area contributed by atoms with E-state index in [1.807, 2.05) is 49.4 Å². The summed E-state index contributed by atoms with van der Waals surface area (Å²) in [6, 6.07) is 13.9. The van der Waals surface area contributed by atoms with Crippen LogP contribution in [-0.4, -0.2) is 22.3 Å². The monoisotopic (exact) mass is 337 g/mol. The summed E-state index contributed by atoms with van der Waals surface area (Å²) in [5.41, 5.74) is 2.96. The predicted octanol–water partition coefficient (Wildman–Crippen LogP) is 4.25. The third-order valence-corrected chi connectivity index (χ3v) is 4.70. The Morgan fingerprint density at radius 1 is 1.12 bits per heavy atom. The summed E-state index contributed by atoms with van der Waals surface area (Å²) in [6.45, 7) is 2.04. The van der Waals surface area contributed by atoms with E-state index >= 15 is 0 Å². The number of fused-ring (bicyclic) bond motifs is 1. The number of methoxy groups -OCH3 is 1. The van der Waals surface area contributed by atoms with Crippen molar-refractivity contribution in [1.29, 1.82) is 0 Å². The fraction of sp³-hybridized carbons (Fsp3) is 0.167. The Labute approximate surface area is 142 Å². The van der Waals surface area contributed by atoms with Gasteiger partial charge in [0, 0.05) is 5.56 Å². The molecule has 0 atom stereocenters. The maximum absolute atomic E-state index is 5.79. The first-order chi connectivity index (χ1) is 11.7. The number of rotatable bonds is 4. The van der Waals surface area contributed by atoms with Gasteiger partial charge in [0.2, 0.25) is 11.8 Å². The van der Waals surface area contributed by atoms with Crippen LogP contribution in [0.4, 0.5) is 0 Å². The van der Waals surface area contributed by atoms with Crippen LogP contribution >= 0.6 is 11.3 Å². The average Bonchev–Trinajstić information content (AvgIpc) is 3.21. The Hall–Kier alpha value is -2.73. The first-order valence-electron chi connectivity index (χ1n) is 7.55. The Morgan fingerprint density at radius 2 is 2.00 bits per heavy atom. The second-order valence-corrected chi connectivity index (χ2v) is 6.58. The van der Waals surface area contributed by atoms with Gasteiger partial charge < -0.3 is 9.15 Å². The molecule has 0 saturated carbocycles. The molecule has 2 aromatic heterocycles. The van der Waals surface area contributed by atoms with Crippen LogP contribution < -0.4 is 4.74 Å². The van der Waals surface area contributed by atoms with E-state index < -0.39 is 0 Å². The normalized spacial score (nSPS) is 11.1. The maximum Gasteiger partial charge on any atom is 0.247 e. The molecule has 4 rings (SSSR count). The van der Waals surface area contributed by atoms with E-state index in [9.17, 15) is 0 Å². The van der Waals surface area contributed by atoms with Gasteiger partial charge >= 0.3 is 0 Å². The molecule has 5 nitrogen and oxygen atoms in total. The zero-order valence-electron chi connectivity index (χ0n) is 13.3. The van der Waals surface area contributed by atoms with Crippen LogP contribution in [0.15, 0.2) is 46.9 Å². The zero-order chi connectivity index (χ0) is 16.5. The van der Waals surface area contributed by atoms with Gasteiger partial charge in [-0.15, -0.1) is 21.5 Å². The number of ether oxygens (including phenoxy) is 1. The summed E-state index contributed by atoms with van der Waals surface area (Å²) in [5, 5.41) is 9.22. The van der Waals surface area contributed by atoms with Crippen molar-refractivity contribution in [2.45, 2.75) is 13.3 Å². The number of benzene rings is 2. The highest BCUT2D eigenvalue weighted by molar-refractivity contribution is 7.18. The number of aryl methyl sites for hydroxylation is 1. The van der Waals surface area contributed by atoms with Crippen molar-refractivity contribution in [3.8, 4) is 17.2 Å². The Kier molecular flexibility index (Phi) is 3.74. The summed E-state index contributed by atoms with van der Waals surface area (Å²) < 4.78 is 12.2. The van der Waals surface area contributed by atoms with E-state index in [1.54, 1.807) is 18.4 Å². The maximum atomic E-state index is 5.79. The van der Waals surface area contributed by atoms with Crippen LogP contribution in [0.5, 0.6) is 5.75 Å². The second kappa shape index (κ2) is 6.05. The van der Waals surface area contributed by atoms with Gasteiger partial charge in [-0.3, -0.25) is 0 Å². The van der Waals surface area contributed by atoms with Gasteiger partial charge in [0.05, 0.1) is 18.2 Å². The van der Waals surface area contributed by atoms with Crippen molar-refractivity contribution in [3.05, 3.63) is 58.9 Å². The van der Waals surface area contributed by atoms with E-state index in [4.69, 9.17) is 9.15 Å². The van der Waals surface area contributed by atoms with Crippen LogP contribution in [0.1, 0.15) is 16.5 Å². The minimum atomic E-state index is 0.515. The summed E-state index contributed by atoms with van der Waals surface area (Å²) in [4.78, 5) is 4.64. The zero-order valence-corrected chi connectivity index (χ0v) is 14.1. The van der Waals surface area contributed by atoms with Gasteiger partial charge in [0.1, 0.15) is 16.3 Å². The van der Waals surface area contributed by atoms with Gasteiger partial charge in [0.25, 0.3) is 0 Å². The third kappa shape index (κ3) is 2.76. The molecule has 120 valence electrons. The molecule has 0 spiro atoms. The number of nitrogens with zero attached hydrogens (tertiary/aromatic N) is 3. The minimum Gasteiger partial charge on any atom is -0.494 e. The molecule has 0 aliphatic rings. The molecule has 4 aromatic rings. The number of hydrogen-bond acceptors (Lipinski definition) is 6. The highest BCUT2D eigenvalue weighted by atomic mass is 32.1. The third-order valence-electron chi connectivity index (χ3n) is 3.68. The quantitative estimate of drug-likeness (QED) is 0.557. The summed E-state index contributed by atoms with van der Waals surface area (Å²) in [5.74, 6) is 1.87. The molecule has 0 aliphatic heterocycles. The van der Waals surface area contributed by atoms with Gasteiger partial charge in [-0.25, -0.2) is 4.98 Å². The minimum absolute atomic E-state index is 0.515. The lowest BCUT2D eigenvalue weighted by atomic mass is 10.1. The Morgan fingerprint density at radius 3 is 2.83 bits per heavy atom. The molecule has 0 N–H and O–H groups in total. The van der Waals surface area contributed by atoms with Gasteiger partial charge in [0.15, 0.2) is 0 Å². The van der Waals surface area contributed by atoms with Crippen LogP contribution in [0.3, 0.4) is 0 Å². The lowest BCUT2D eigenvalue weighted by Gasteiger charge is -1.98. The Bertz CT molecular complexity index is 1010. The Balaban J connectivity index is 1.62. The van der Waals surface area contributed by atoms with Crippen molar-refractivity contribution >= 4 is 21.6 Å². The summed E-state index contributed by atoms with van der Waals surface area (Å²) >= 11 is 1.61. The standard InChI is InChI=1S/C18H15N3O2S/c1-11-5-3-6-12(9-11)18-21-20-15(23-18)10-16-19-17-13(22-2)7-4-8-14(17)24-16/h3-9H,10H2,1-2H3. The second-order valence-electron chi connectivity index (χ2n) is 5.46. The smallest absolute Gasteiger partial charge is 0.247 e. The first-order valence-corrected chi connectivity index (χ1v) is 8.36. The lowest BCUT2D eigenvalue weighted by molar-refractivity contribution is 0.419. The van der Waals surface area contributed by atoms with Crippen molar-refractivity contribution < 1.29 is 9.15 Å². The topological polar surface area (TPSA) is 61.0 Å². The van der Waals surface area contributed by atoms with Gasteiger partial charge in [-0.1, -0.05) is 23.8 Å². The number of thiazole rings is 1. The summed E-state index contributed by atoms with van der Waals surface area (Å²) in [7, 11) is 1.65. The molecular weight excluding hydrogens is 322 g/mol. The highest BCUT2D eigenvalue weighted by Crippen LogP contribution is 2.30. The van der Waals surface area contributed by atoms with Crippen molar-refractivity contribution in [2.24, 2.45) is 0 Å². The first kappa shape index (κ1) is 14.8. The SMILES string of the molecule is COc1cccc2sc(Cc3nnc(-c4cccc(C)c4)o3)nc12. The molecule has 0 fully saturated rings. The molecule has 2 heterocycles. The van der Waals surface area contributed by atoms with E-state index in [-0.39, 0.29) is 0 Å². The molecule has 0 saturated heterocycles. The van der Waals surface area contributed by atoms with Crippen LogP contribution in [0.25, 0.3) is 21.7 Å². The molecule has 0 radical (unpaired) electrons. The van der Waals surface area contributed by atoms with Crippen molar-refractivity contribution in [3.63, 3.8) is 0 Å². The van der Waals surface area contributed by atoms with Crippen LogP contribution in [0.2, 0.25) is 0 Å². The largest absolute Gasteiger partial charge is 0.494 e. The fourth-order valence-electron chi connectivity index (χ4n) is 2.56. The molecule has 0 amide bonds. The van der Waals surface area contributed by atoms with Crippen LogP contribution in [0, 0.1) is 6.92 Å². The molecular formula is C18H15N3O2S. The molecule has 0 bridgehead atoms. The highest BCUT2D eigenvalue weighted by Gasteiger charge is 2.13. The summed E-state index contributed by atoms with van der Waals surface area (Å²) in [6.07, 6.45) is 0.515. The van der Waals surface area contributed by atoms with Crippen LogP contribution in [-0.2, 0) is 6.42 Å². The number of aromatic nitrogens is 3. The van der Waals surface area contributed by atoms with Gasteiger partial charge in [-0.2, -0.15) is 0 Å². The fourth-order valence-corrected chi connectivity index (χ4v) is 3.53. The molecule has 6 heteroatoms. The molecule has 0 unspecified atom stereocenters. The molecule has 24 heavy (non-hydrogen) atoms. The van der Waals surface area contributed by atoms with E-state index in [1.165, 1.54) is 0 Å². The molecule has 2 aromatic carbocycles. The predicted molar refractivity (Wildman–Crippen MR) is 93.4 cm³/mol. The lowest BCUT2D eigenvalue weighted by Crippen LogP contribution is -1.88.